The summed E-state index contributed by atoms with van der Waals surface area (Å²) in [6, 6.07) is 12.6. The maximum atomic E-state index is 6.13. The summed E-state index contributed by atoms with van der Waals surface area (Å²) in [6.07, 6.45) is 0. The van der Waals surface area contributed by atoms with Gasteiger partial charge in [0, 0.05) is 29.2 Å². The van der Waals surface area contributed by atoms with E-state index >= 15 is 0 Å². The number of hydrogen-bond acceptors (Lipinski definition) is 7. The van der Waals surface area contributed by atoms with E-state index in [9.17, 15) is 0 Å². The third-order valence-corrected chi connectivity index (χ3v) is 6.33. The minimum Gasteiger partial charge on any atom is -0.492 e. The summed E-state index contributed by atoms with van der Waals surface area (Å²) in [4.78, 5) is 6.81. The molecule has 1 aromatic heterocycles. The van der Waals surface area contributed by atoms with Crippen LogP contribution in [0.1, 0.15) is 16.8 Å². The first-order chi connectivity index (χ1) is 13.2. The lowest BCUT2D eigenvalue weighted by molar-refractivity contribution is 0.173. The fraction of sp³-hybridized carbons (Fsp3) is 0.250. The predicted molar refractivity (Wildman–Crippen MR) is 103 cm³/mol. The number of nitrogen functional groups attached to an aromatic ring is 1. The zero-order chi connectivity index (χ0) is 18.0. The number of thiazole rings is 1. The molecule has 6 rings (SSSR count). The first kappa shape index (κ1) is 15.2. The van der Waals surface area contributed by atoms with Gasteiger partial charge >= 0.3 is 0 Å². The highest BCUT2D eigenvalue weighted by atomic mass is 32.1. The molecule has 2 aromatic carbocycles. The van der Waals surface area contributed by atoms with Gasteiger partial charge in [-0.3, -0.25) is 0 Å². The van der Waals surface area contributed by atoms with Gasteiger partial charge in [-0.15, -0.1) is 11.3 Å². The minimum absolute atomic E-state index is 0.214. The SMILES string of the molecule is Nc1nc(CN2CC3(COc4cc5c(cc43)OCO5)c3ccccc32)cs1. The Balaban J connectivity index is 1.46. The Bertz CT molecular complexity index is 1070. The van der Waals surface area contributed by atoms with Crippen LogP contribution < -0.4 is 24.8 Å². The van der Waals surface area contributed by atoms with Crippen LogP contribution in [0.5, 0.6) is 17.2 Å². The van der Waals surface area contributed by atoms with E-state index in [4.69, 9.17) is 19.9 Å². The normalized spacial score (nSPS) is 21.4. The van der Waals surface area contributed by atoms with Gasteiger partial charge in [0.25, 0.3) is 0 Å². The van der Waals surface area contributed by atoms with E-state index < -0.39 is 0 Å². The number of benzene rings is 2. The van der Waals surface area contributed by atoms with E-state index in [0.717, 1.165) is 36.0 Å². The van der Waals surface area contributed by atoms with Crippen molar-refractivity contribution >= 4 is 22.2 Å². The smallest absolute Gasteiger partial charge is 0.231 e. The third-order valence-electron chi connectivity index (χ3n) is 5.61. The van der Waals surface area contributed by atoms with Crippen LogP contribution in [0.3, 0.4) is 0 Å². The molecule has 136 valence electrons. The van der Waals surface area contributed by atoms with Crippen molar-refractivity contribution < 1.29 is 14.2 Å². The molecule has 1 atom stereocenters. The minimum atomic E-state index is -0.214. The molecule has 3 aliphatic rings. The second-order valence-electron chi connectivity index (χ2n) is 7.12. The van der Waals surface area contributed by atoms with Crippen LogP contribution in [-0.4, -0.2) is 24.9 Å². The van der Waals surface area contributed by atoms with Crippen LogP contribution >= 0.6 is 11.3 Å². The summed E-state index contributed by atoms with van der Waals surface area (Å²) < 4.78 is 17.3. The Kier molecular flexibility index (Phi) is 2.97. The molecule has 0 saturated carbocycles. The standard InChI is InChI=1S/C20H17N3O3S/c21-19-22-12(8-27-19)7-23-9-20(13-3-1-2-4-15(13)23)10-24-16-6-18-17(5-14(16)20)25-11-26-18/h1-6,8H,7,9-11H2,(H2,21,22). The van der Waals surface area contributed by atoms with Gasteiger partial charge in [0.2, 0.25) is 6.79 Å². The van der Waals surface area contributed by atoms with Crippen LogP contribution in [0.15, 0.2) is 41.8 Å². The molecule has 7 heteroatoms. The molecule has 4 heterocycles. The molecule has 1 spiro atoms. The van der Waals surface area contributed by atoms with Crippen molar-refractivity contribution in [1.82, 2.24) is 4.98 Å². The maximum Gasteiger partial charge on any atom is 0.231 e. The van der Waals surface area contributed by atoms with E-state index in [0.29, 0.717) is 11.7 Å². The average Bonchev–Trinajstić information content (AvgIpc) is 3.43. The van der Waals surface area contributed by atoms with E-state index in [-0.39, 0.29) is 12.2 Å². The van der Waals surface area contributed by atoms with Crippen molar-refractivity contribution in [2.24, 2.45) is 0 Å². The molecule has 1 unspecified atom stereocenters. The number of aromatic nitrogens is 1. The van der Waals surface area contributed by atoms with Gasteiger partial charge in [-0.1, -0.05) is 18.2 Å². The van der Waals surface area contributed by atoms with Crippen molar-refractivity contribution in [2.45, 2.75) is 12.0 Å². The monoisotopic (exact) mass is 379 g/mol. The van der Waals surface area contributed by atoms with Crippen molar-refractivity contribution in [3.8, 4) is 17.2 Å². The van der Waals surface area contributed by atoms with Gasteiger partial charge in [-0.05, 0) is 17.7 Å². The molecule has 0 fully saturated rings. The topological polar surface area (TPSA) is 69.8 Å². The fourth-order valence-corrected chi connectivity index (χ4v) is 4.99. The lowest BCUT2D eigenvalue weighted by atomic mass is 9.77. The molecule has 0 aliphatic carbocycles. The van der Waals surface area contributed by atoms with E-state index in [1.807, 2.05) is 11.4 Å². The van der Waals surface area contributed by atoms with Crippen LogP contribution in [0.4, 0.5) is 10.8 Å². The van der Waals surface area contributed by atoms with Crippen LogP contribution in [0.2, 0.25) is 0 Å². The Morgan fingerprint density at radius 1 is 1.07 bits per heavy atom. The van der Waals surface area contributed by atoms with Crippen LogP contribution in [-0.2, 0) is 12.0 Å². The lowest BCUT2D eigenvalue weighted by Gasteiger charge is -2.24. The Labute approximate surface area is 160 Å². The van der Waals surface area contributed by atoms with Crippen molar-refractivity contribution in [3.05, 3.63) is 58.6 Å². The molecule has 0 amide bonds. The number of para-hydroxylation sites is 1. The number of ether oxygens (including phenoxy) is 3. The highest BCUT2D eigenvalue weighted by molar-refractivity contribution is 7.13. The molecule has 0 radical (unpaired) electrons. The van der Waals surface area contributed by atoms with E-state index in [1.165, 1.54) is 28.2 Å². The summed E-state index contributed by atoms with van der Waals surface area (Å²) in [5, 5.41) is 2.63. The number of rotatable bonds is 2. The largest absolute Gasteiger partial charge is 0.492 e. The van der Waals surface area contributed by atoms with Crippen LogP contribution in [0, 0.1) is 0 Å². The zero-order valence-corrected chi connectivity index (χ0v) is 15.3. The van der Waals surface area contributed by atoms with Gasteiger partial charge < -0.3 is 24.8 Å². The number of nitrogens with zero attached hydrogens (tertiary/aromatic N) is 2. The van der Waals surface area contributed by atoms with Crippen LogP contribution in [0.25, 0.3) is 0 Å². The van der Waals surface area contributed by atoms with Crippen molar-refractivity contribution in [1.29, 1.82) is 0 Å². The van der Waals surface area contributed by atoms with Gasteiger partial charge in [0.05, 0.1) is 17.7 Å². The number of hydrogen-bond donors (Lipinski definition) is 1. The summed E-state index contributed by atoms with van der Waals surface area (Å²) in [6.45, 7) is 2.43. The van der Waals surface area contributed by atoms with Gasteiger partial charge in [0.15, 0.2) is 16.6 Å². The molecule has 3 aromatic rings. The second kappa shape index (κ2) is 5.29. The molecular formula is C20H17N3O3S. The lowest BCUT2D eigenvalue weighted by Crippen LogP contribution is -2.35. The van der Waals surface area contributed by atoms with E-state index in [2.05, 4.69) is 40.2 Å². The molecule has 6 nitrogen and oxygen atoms in total. The Hall–Kier alpha value is -2.93. The summed E-state index contributed by atoms with van der Waals surface area (Å²) in [7, 11) is 0. The number of nitrogens with two attached hydrogens (primary N) is 1. The molecule has 0 saturated heterocycles. The highest BCUT2D eigenvalue weighted by Gasteiger charge is 2.50. The highest BCUT2D eigenvalue weighted by Crippen LogP contribution is 2.54. The van der Waals surface area contributed by atoms with Crippen molar-refractivity contribution in [2.75, 3.05) is 30.6 Å². The number of anilines is 2. The summed E-state index contributed by atoms with van der Waals surface area (Å²) in [5.74, 6) is 2.43. The molecular weight excluding hydrogens is 362 g/mol. The van der Waals surface area contributed by atoms with Gasteiger partial charge in [-0.25, -0.2) is 4.98 Å². The first-order valence-electron chi connectivity index (χ1n) is 8.84. The Morgan fingerprint density at radius 3 is 2.78 bits per heavy atom. The Morgan fingerprint density at radius 2 is 1.93 bits per heavy atom. The number of fused-ring (bicyclic) bond motifs is 5. The van der Waals surface area contributed by atoms with Gasteiger partial charge in [-0.2, -0.15) is 0 Å². The summed E-state index contributed by atoms with van der Waals surface area (Å²) in [5.41, 5.74) is 10.3. The molecule has 2 N–H and O–H groups in total. The average molecular weight is 379 g/mol. The second-order valence-corrected chi connectivity index (χ2v) is 8.01. The quantitative estimate of drug-likeness (QED) is 0.738. The van der Waals surface area contributed by atoms with Crippen molar-refractivity contribution in [3.63, 3.8) is 0 Å². The molecule has 27 heavy (non-hydrogen) atoms. The molecule has 0 bridgehead atoms. The maximum absolute atomic E-state index is 6.13. The molecule has 3 aliphatic heterocycles. The third kappa shape index (κ3) is 2.09. The van der Waals surface area contributed by atoms with Gasteiger partial charge in [0.1, 0.15) is 12.4 Å². The predicted octanol–water partition coefficient (Wildman–Crippen LogP) is 3.15. The summed E-state index contributed by atoms with van der Waals surface area (Å²) >= 11 is 1.48. The van der Waals surface area contributed by atoms with E-state index in [1.54, 1.807) is 0 Å². The zero-order valence-electron chi connectivity index (χ0n) is 14.5. The fourth-order valence-electron chi connectivity index (χ4n) is 4.43. The first-order valence-corrected chi connectivity index (χ1v) is 9.72.